The van der Waals surface area contributed by atoms with Gasteiger partial charge in [-0.25, -0.2) is 8.42 Å². The highest BCUT2D eigenvalue weighted by atomic mass is 32.2. The van der Waals surface area contributed by atoms with Gasteiger partial charge in [-0.2, -0.15) is 4.31 Å². The van der Waals surface area contributed by atoms with E-state index >= 15 is 0 Å². The minimum Gasteiger partial charge on any atom is -0.361 e. The fraction of sp³-hybridized carbons (Fsp3) is 0.640. The van der Waals surface area contributed by atoms with Crippen molar-refractivity contribution < 1.29 is 22.9 Å². The molecule has 1 saturated heterocycles. The summed E-state index contributed by atoms with van der Waals surface area (Å²) < 4.78 is 35.5. The summed E-state index contributed by atoms with van der Waals surface area (Å²) >= 11 is 0. The summed E-state index contributed by atoms with van der Waals surface area (Å²) in [6, 6.07) is 0. The van der Waals surface area contributed by atoms with Gasteiger partial charge in [-0.05, 0) is 25.8 Å². The number of hydrogen-bond donors (Lipinski definition) is 0. The van der Waals surface area contributed by atoms with Crippen molar-refractivity contribution in [3.63, 3.8) is 0 Å². The second kappa shape index (κ2) is 9.99. The molecule has 0 aromatic rings. The Kier molecular flexibility index (Phi) is 7.79. The smallest absolute Gasteiger partial charge is 0.266 e. The van der Waals surface area contributed by atoms with Crippen LogP contribution in [0.2, 0.25) is 0 Å². The van der Waals surface area contributed by atoms with Gasteiger partial charge in [-0.15, -0.1) is 0 Å². The Balaban J connectivity index is 1.89. The molecule has 0 spiro atoms. The Hall–Kier alpha value is -2.30. The molecule has 0 bridgehead atoms. The number of amides is 1. The number of hydrogen-bond acceptors (Lipinski definition) is 6. The maximum Gasteiger partial charge on any atom is 0.266 e. The Morgan fingerprint density at radius 3 is 2.43 bits per heavy atom. The SMILES string of the molecule is CC1=CC(OC2(C)CC=C([N+](=O)[O-])C=C2S(=O)(=O)N2CCN(C(=O)CC(C)C)CC2)C(C)(C)C=C1. The molecule has 10 heteroatoms. The van der Waals surface area contributed by atoms with Crippen LogP contribution in [0.1, 0.15) is 54.4 Å². The summed E-state index contributed by atoms with van der Waals surface area (Å²) in [5, 5.41) is 11.5. The first-order valence-corrected chi connectivity index (χ1v) is 13.5. The third-order valence-electron chi connectivity index (χ3n) is 6.81. The molecule has 9 nitrogen and oxygen atoms in total. The molecule has 1 heterocycles. The number of sulfonamides is 1. The first-order valence-electron chi connectivity index (χ1n) is 12.1. The van der Waals surface area contributed by atoms with E-state index in [0.29, 0.717) is 6.42 Å². The Morgan fingerprint density at radius 2 is 1.86 bits per heavy atom. The van der Waals surface area contributed by atoms with E-state index in [4.69, 9.17) is 4.74 Å². The molecule has 194 valence electrons. The lowest BCUT2D eigenvalue weighted by molar-refractivity contribution is -0.419. The zero-order valence-electron chi connectivity index (χ0n) is 21.5. The highest BCUT2D eigenvalue weighted by Crippen LogP contribution is 2.42. The average molecular weight is 508 g/mol. The maximum atomic E-state index is 13.8. The summed E-state index contributed by atoms with van der Waals surface area (Å²) in [4.78, 5) is 25.0. The van der Waals surface area contributed by atoms with Crippen LogP contribution in [-0.2, 0) is 19.6 Å². The number of rotatable bonds is 7. The zero-order valence-corrected chi connectivity index (χ0v) is 22.3. The van der Waals surface area contributed by atoms with Gasteiger partial charge in [0.1, 0.15) is 5.60 Å². The van der Waals surface area contributed by atoms with E-state index in [-0.39, 0.29) is 60.4 Å². The Labute approximate surface area is 208 Å². The first-order chi connectivity index (χ1) is 16.2. The third kappa shape index (κ3) is 5.92. The van der Waals surface area contributed by atoms with E-state index in [1.165, 1.54) is 10.4 Å². The lowest BCUT2D eigenvalue weighted by Gasteiger charge is -2.43. The molecular formula is C25H37N3O6S. The monoisotopic (exact) mass is 507 g/mol. The Bertz CT molecular complexity index is 1090. The summed E-state index contributed by atoms with van der Waals surface area (Å²) in [5.74, 6) is 0.230. The van der Waals surface area contributed by atoms with Gasteiger partial charge in [0.15, 0.2) is 0 Å². The molecule has 0 aromatic heterocycles. The van der Waals surface area contributed by atoms with E-state index in [2.05, 4.69) is 0 Å². The third-order valence-corrected chi connectivity index (χ3v) is 8.96. The van der Waals surface area contributed by atoms with Gasteiger partial charge in [0, 0.05) is 50.5 Å². The van der Waals surface area contributed by atoms with Gasteiger partial charge in [-0.3, -0.25) is 14.9 Å². The number of carbonyl (C=O) groups excluding carboxylic acids is 1. The molecule has 2 atom stereocenters. The summed E-state index contributed by atoms with van der Waals surface area (Å²) in [6.07, 6.45) is 8.61. The molecule has 0 N–H and O–H groups in total. The van der Waals surface area contributed by atoms with Crippen molar-refractivity contribution in [2.24, 2.45) is 11.3 Å². The van der Waals surface area contributed by atoms with E-state index in [9.17, 15) is 23.3 Å². The normalized spacial score (nSPS) is 27.3. The van der Waals surface area contributed by atoms with Crippen LogP contribution in [0, 0.1) is 21.4 Å². The van der Waals surface area contributed by atoms with Gasteiger partial charge < -0.3 is 9.64 Å². The van der Waals surface area contributed by atoms with Crippen LogP contribution in [0.5, 0.6) is 0 Å². The van der Waals surface area contributed by atoms with Crippen LogP contribution in [0.15, 0.2) is 46.6 Å². The van der Waals surface area contributed by atoms with Crippen molar-refractivity contribution in [2.75, 3.05) is 26.2 Å². The minimum atomic E-state index is -4.09. The van der Waals surface area contributed by atoms with Crippen molar-refractivity contribution in [1.82, 2.24) is 9.21 Å². The molecule has 35 heavy (non-hydrogen) atoms. The van der Waals surface area contributed by atoms with Crippen molar-refractivity contribution in [3.8, 4) is 0 Å². The fourth-order valence-electron chi connectivity index (χ4n) is 4.54. The number of ether oxygens (including phenoxy) is 1. The fourth-order valence-corrected chi connectivity index (χ4v) is 6.41. The number of nitro groups is 1. The predicted molar refractivity (Wildman–Crippen MR) is 134 cm³/mol. The van der Waals surface area contributed by atoms with Crippen molar-refractivity contribution in [1.29, 1.82) is 0 Å². The number of carbonyl (C=O) groups is 1. The zero-order chi connectivity index (χ0) is 26.2. The van der Waals surface area contributed by atoms with Gasteiger partial charge in [0.25, 0.3) is 5.70 Å². The van der Waals surface area contributed by atoms with Crippen LogP contribution in [-0.4, -0.2) is 66.3 Å². The summed E-state index contributed by atoms with van der Waals surface area (Å²) in [7, 11) is -4.09. The Morgan fingerprint density at radius 1 is 1.23 bits per heavy atom. The van der Waals surface area contributed by atoms with Gasteiger partial charge in [0.05, 0.1) is 15.9 Å². The predicted octanol–water partition coefficient (Wildman–Crippen LogP) is 3.64. The second-order valence-electron chi connectivity index (χ2n) is 10.8. The molecule has 1 fully saturated rings. The van der Waals surface area contributed by atoms with Crippen molar-refractivity contribution in [3.05, 3.63) is 56.7 Å². The molecule has 1 amide bonds. The summed E-state index contributed by atoms with van der Waals surface area (Å²) in [6.45, 7) is 12.4. The molecule has 3 rings (SSSR count). The van der Waals surface area contributed by atoms with Crippen molar-refractivity contribution >= 4 is 15.9 Å². The van der Waals surface area contributed by atoms with Crippen LogP contribution >= 0.6 is 0 Å². The topological polar surface area (TPSA) is 110 Å². The molecule has 3 aliphatic rings. The molecule has 0 radical (unpaired) electrons. The maximum absolute atomic E-state index is 13.8. The molecule has 0 aromatic carbocycles. The second-order valence-corrected chi connectivity index (χ2v) is 12.7. The quantitative estimate of drug-likeness (QED) is 0.384. The summed E-state index contributed by atoms with van der Waals surface area (Å²) in [5.41, 5.74) is -0.921. The van der Waals surface area contributed by atoms with Gasteiger partial charge in [-0.1, -0.05) is 51.5 Å². The van der Waals surface area contributed by atoms with Gasteiger partial charge in [0.2, 0.25) is 15.9 Å². The highest BCUT2D eigenvalue weighted by molar-refractivity contribution is 7.93. The van der Waals surface area contributed by atoms with Crippen molar-refractivity contribution in [2.45, 2.75) is 66.1 Å². The molecule has 1 aliphatic heterocycles. The van der Waals surface area contributed by atoms with E-state index in [1.54, 1.807) is 11.8 Å². The lowest BCUT2D eigenvalue weighted by atomic mass is 9.80. The van der Waals surface area contributed by atoms with Crippen LogP contribution < -0.4 is 0 Å². The lowest BCUT2D eigenvalue weighted by Crippen LogP contribution is -2.53. The van der Waals surface area contributed by atoms with Crippen LogP contribution in [0.3, 0.4) is 0 Å². The largest absolute Gasteiger partial charge is 0.361 e. The number of allylic oxidation sites excluding steroid dienone is 3. The molecular weight excluding hydrogens is 470 g/mol. The van der Waals surface area contributed by atoms with E-state index in [0.717, 1.165) is 11.6 Å². The standard InChI is InChI=1S/C25H37N3O6S/c1-18(2)15-23(29)26-11-13-27(14-12-26)35(32,33)22-17-20(28(30)31)8-10-25(22,6)34-21-16-19(3)7-9-24(21,4)5/h7-9,16-18,21H,10-15H2,1-6H3. The van der Waals surface area contributed by atoms with Crippen LogP contribution in [0.4, 0.5) is 0 Å². The van der Waals surface area contributed by atoms with Crippen LogP contribution in [0.25, 0.3) is 0 Å². The average Bonchev–Trinajstić information content (AvgIpc) is 2.76. The molecule has 2 unspecified atom stereocenters. The number of nitrogens with zero attached hydrogens (tertiary/aromatic N) is 3. The molecule has 2 aliphatic carbocycles. The molecule has 0 saturated carbocycles. The number of piperazine rings is 1. The highest BCUT2D eigenvalue weighted by Gasteiger charge is 2.47. The first kappa shape index (κ1) is 27.3. The minimum absolute atomic E-state index is 0.00964. The van der Waals surface area contributed by atoms with E-state index < -0.39 is 26.7 Å². The van der Waals surface area contributed by atoms with Gasteiger partial charge >= 0.3 is 0 Å². The van der Waals surface area contributed by atoms with E-state index in [1.807, 2.05) is 52.8 Å².